The number of benzene rings is 1. The minimum Gasteiger partial charge on any atom is -0.438 e. The SMILES string of the molecule is Cc1cccc2nc(C3(N)CCCCCC3)oc12. The third kappa shape index (κ3) is 1.93. The van der Waals surface area contributed by atoms with Gasteiger partial charge in [-0.1, -0.05) is 37.8 Å². The molecule has 0 unspecified atom stereocenters. The molecule has 3 nitrogen and oxygen atoms in total. The van der Waals surface area contributed by atoms with Gasteiger partial charge in [0.1, 0.15) is 5.52 Å². The van der Waals surface area contributed by atoms with E-state index in [9.17, 15) is 0 Å². The lowest BCUT2D eigenvalue weighted by Crippen LogP contribution is -2.36. The molecule has 0 aliphatic heterocycles. The molecule has 0 amide bonds. The molecular formula is C15H20N2O. The van der Waals surface area contributed by atoms with Gasteiger partial charge in [0.25, 0.3) is 0 Å². The summed E-state index contributed by atoms with van der Waals surface area (Å²) in [5.74, 6) is 0.730. The van der Waals surface area contributed by atoms with Crippen LogP contribution in [-0.2, 0) is 5.54 Å². The molecule has 1 aromatic carbocycles. The summed E-state index contributed by atoms with van der Waals surface area (Å²) in [7, 11) is 0. The molecule has 1 aromatic heterocycles. The van der Waals surface area contributed by atoms with Gasteiger partial charge in [-0.2, -0.15) is 0 Å². The zero-order valence-corrected chi connectivity index (χ0v) is 10.9. The molecule has 1 fully saturated rings. The Morgan fingerprint density at radius 2 is 1.89 bits per heavy atom. The first-order valence-corrected chi connectivity index (χ1v) is 6.85. The predicted molar refractivity (Wildman–Crippen MR) is 72.3 cm³/mol. The number of nitrogens with two attached hydrogens (primary N) is 1. The summed E-state index contributed by atoms with van der Waals surface area (Å²) >= 11 is 0. The highest BCUT2D eigenvalue weighted by Gasteiger charge is 2.33. The third-order valence-electron chi connectivity index (χ3n) is 4.03. The maximum Gasteiger partial charge on any atom is 0.215 e. The third-order valence-corrected chi connectivity index (χ3v) is 4.03. The first-order chi connectivity index (χ1) is 8.69. The molecule has 0 atom stereocenters. The molecule has 18 heavy (non-hydrogen) atoms. The molecular weight excluding hydrogens is 224 g/mol. The maximum absolute atomic E-state index is 6.54. The van der Waals surface area contributed by atoms with Gasteiger partial charge in [0, 0.05) is 0 Å². The fourth-order valence-electron chi connectivity index (χ4n) is 2.87. The molecule has 0 bridgehead atoms. The van der Waals surface area contributed by atoms with Crippen LogP contribution in [0.15, 0.2) is 22.6 Å². The summed E-state index contributed by atoms with van der Waals surface area (Å²) in [5, 5.41) is 0. The van der Waals surface area contributed by atoms with E-state index in [2.05, 4.69) is 4.98 Å². The summed E-state index contributed by atoms with van der Waals surface area (Å²) in [5.41, 5.74) is 9.13. The number of fused-ring (bicyclic) bond motifs is 1. The van der Waals surface area contributed by atoms with Crippen LogP contribution in [0.1, 0.15) is 50.0 Å². The average molecular weight is 244 g/mol. The highest BCUT2D eigenvalue weighted by Crippen LogP contribution is 2.35. The summed E-state index contributed by atoms with van der Waals surface area (Å²) in [6.45, 7) is 2.05. The van der Waals surface area contributed by atoms with E-state index in [4.69, 9.17) is 10.2 Å². The average Bonchev–Trinajstić information content (AvgIpc) is 2.69. The van der Waals surface area contributed by atoms with E-state index in [0.29, 0.717) is 0 Å². The zero-order valence-electron chi connectivity index (χ0n) is 10.9. The largest absolute Gasteiger partial charge is 0.438 e. The summed E-state index contributed by atoms with van der Waals surface area (Å²) in [6.07, 6.45) is 6.87. The van der Waals surface area contributed by atoms with E-state index in [1.165, 1.54) is 25.7 Å². The van der Waals surface area contributed by atoms with Crippen molar-refractivity contribution in [2.75, 3.05) is 0 Å². The van der Waals surface area contributed by atoms with E-state index in [0.717, 1.165) is 35.4 Å². The number of hydrogen-bond donors (Lipinski definition) is 1. The van der Waals surface area contributed by atoms with Crippen LogP contribution in [0.25, 0.3) is 11.1 Å². The first-order valence-electron chi connectivity index (χ1n) is 6.85. The highest BCUT2D eigenvalue weighted by molar-refractivity contribution is 5.76. The molecule has 1 saturated carbocycles. The van der Waals surface area contributed by atoms with Crippen molar-refractivity contribution < 1.29 is 4.42 Å². The van der Waals surface area contributed by atoms with Crippen molar-refractivity contribution in [2.24, 2.45) is 5.73 Å². The quantitative estimate of drug-likeness (QED) is 0.779. The van der Waals surface area contributed by atoms with Crippen molar-refractivity contribution in [2.45, 2.75) is 51.0 Å². The Hall–Kier alpha value is -1.35. The fraction of sp³-hybridized carbons (Fsp3) is 0.533. The molecule has 96 valence electrons. The summed E-state index contributed by atoms with van der Waals surface area (Å²) in [6, 6.07) is 6.06. The zero-order chi connectivity index (χ0) is 12.6. The van der Waals surface area contributed by atoms with Crippen LogP contribution in [0.5, 0.6) is 0 Å². The molecule has 0 saturated heterocycles. The van der Waals surface area contributed by atoms with Crippen LogP contribution in [0.2, 0.25) is 0 Å². The molecule has 2 aromatic rings. The Balaban J connectivity index is 2.05. The molecule has 3 heteroatoms. The second-order valence-corrected chi connectivity index (χ2v) is 5.51. The van der Waals surface area contributed by atoms with Gasteiger partial charge in [-0.3, -0.25) is 0 Å². The van der Waals surface area contributed by atoms with Crippen LogP contribution < -0.4 is 5.73 Å². The molecule has 1 aliphatic carbocycles. The van der Waals surface area contributed by atoms with Gasteiger partial charge < -0.3 is 10.2 Å². The topological polar surface area (TPSA) is 52.0 Å². The number of aromatic nitrogens is 1. The van der Waals surface area contributed by atoms with E-state index in [1.54, 1.807) is 0 Å². The van der Waals surface area contributed by atoms with Crippen molar-refractivity contribution in [3.05, 3.63) is 29.7 Å². The Bertz CT molecular complexity index is 551. The minimum atomic E-state index is -0.359. The Kier molecular flexibility index (Phi) is 2.86. The number of nitrogens with zero attached hydrogens (tertiary/aromatic N) is 1. The van der Waals surface area contributed by atoms with Gasteiger partial charge >= 0.3 is 0 Å². The molecule has 3 rings (SSSR count). The number of oxazole rings is 1. The van der Waals surface area contributed by atoms with Crippen molar-refractivity contribution in [1.29, 1.82) is 0 Å². The number of aryl methyl sites for hydroxylation is 1. The fourth-order valence-corrected chi connectivity index (χ4v) is 2.87. The van der Waals surface area contributed by atoms with Crippen molar-refractivity contribution in [3.8, 4) is 0 Å². The lowest BCUT2D eigenvalue weighted by molar-refractivity contribution is 0.301. The number of para-hydroxylation sites is 1. The second-order valence-electron chi connectivity index (χ2n) is 5.51. The van der Waals surface area contributed by atoms with E-state index in [1.807, 2.05) is 25.1 Å². The van der Waals surface area contributed by atoms with Gasteiger partial charge in [0.15, 0.2) is 5.58 Å². The monoisotopic (exact) mass is 244 g/mol. The molecule has 1 aliphatic rings. The van der Waals surface area contributed by atoms with Gasteiger partial charge in [-0.05, 0) is 31.4 Å². The van der Waals surface area contributed by atoms with Crippen molar-refractivity contribution >= 4 is 11.1 Å². The Labute approximate surface area is 107 Å². The van der Waals surface area contributed by atoms with Crippen LogP contribution in [-0.4, -0.2) is 4.98 Å². The van der Waals surface area contributed by atoms with Crippen LogP contribution in [0, 0.1) is 6.92 Å². The van der Waals surface area contributed by atoms with Crippen molar-refractivity contribution in [3.63, 3.8) is 0 Å². The Morgan fingerprint density at radius 3 is 2.56 bits per heavy atom. The summed E-state index contributed by atoms with van der Waals surface area (Å²) in [4.78, 5) is 4.62. The Morgan fingerprint density at radius 1 is 1.17 bits per heavy atom. The van der Waals surface area contributed by atoms with Crippen LogP contribution >= 0.6 is 0 Å². The lowest BCUT2D eigenvalue weighted by atomic mass is 9.91. The standard InChI is InChI=1S/C15H20N2O/c1-11-7-6-8-12-13(11)18-14(17-12)15(16)9-4-2-3-5-10-15/h6-8H,2-5,9-10,16H2,1H3. The van der Waals surface area contributed by atoms with Gasteiger partial charge in [0.05, 0.1) is 5.54 Å². The van der Waals surface area contributed by atoms with Crippen molar-refractivity contribution in [1.82, 2.24) is 4.98 Å². The molecule has 0 spiro atoms. The van der Waals surface area contributed by atoms with Crippen LogP contribution in [0.3, 0.4) is 0 Å². The van der Waals surface area contributed by atoms with Crippen LogP contribution in [0.4, 0.5) is 0 Å². The van der Waals surface area contributed by atoms with E-state index < -0.39 is 0 Å². The molecule has 0 radical (unpaired) electrons. The number of hydrogen-bond acceptors (Lipinski definition) is 3. The van der Waals surface area contributed by atoms with Gasteiger partial charge in [0.2, 0.25) is 5.89 Å². The van der Waals surface area contributed by atoms with Gasteiger partial charge in [-0.15, -0.1) is 0 Å². The van der Waals surface area contributed by atoms with E-state index >= 15 is 0 Å². The maximum atomic E-state index is 6.54. The predicted octanol–water partition coefficient (Wildman–Crippen LogP) is 3.64. The molecule has 1 heterocycles. The first kappa shape index (κ1) is 11.7. The smallest absolute Gasteiger partial charge is 0.215 e. The second kappa shape index (κ2) is 4.39. The molecule has 2 N–H and O–H groups in total. The lowest BCUT2D eigenvalue weighted by Gasteiger charge is -2.23. The summed E-state index contributed by atoms with van der Waals surface area (Å²) < 4.78 is 5.96. The van der Waals surface area contributed by atoms with E-state index in [-0.39, 0.29) is 5.54 Å². The number of rotatable bonds is 1. The minimum absolute atomic E-state index is 0.359. The van der Waals surface area contributed by atoms with Gasteiger partial charge in [-0.25, -0.2) is 4.98 Å². The normalized spacial score (nSPS) is 19.9. The highest BCUT2D eigenvalue weighted by atomic mass is 16.4.